The van der Waals surface area contributed by atoms with Gasteiger partial charge in [0.1, 0.15) is 0 Å². The summed E-state index contributed by atoms with van der Waals surface area (Å²) in [5, 5.41) is 0.961. The molecule has 0 aliphatic heterocycles. The van der Waals surface area contributed by atoms with E-state index in [9.17, 15) is 4.79 Å². The number of carbonyl (C=O) groups is 1. The molecule has 0 aliphatic rings. The molecule has 0 aromatic heterocycles. The number of unbranched alkanes of at least 4 members (excludes halogenated alkanes) is 8. The predicted octanol–water partition coefficient (Wildman–Crippen LogP) is 6.79. The maximum Gasteiger partial charge on any atom is 0.305 e. The highest BCUT2D eigenvalue weighted by atomic mass is 79.9. The van der Waals surface area contributed by atoms with Crippen LogP contribution in [0.5, 0.6) is 0 Å². The number of hydrogen-bond acceptors (Lipinski definition) is 4. The Kier molecular flexibility index (Phi) is 22.1. The van der Waals surface area contributed by atoms with Crippen molar-refractivity contribution < 1.29 is 19.0 Å². The third-order valence-corrected chi connectivity index (χ3v) is 5.03. The van der Waals surface area contributed by atoms with Crippen molar-refractivity contribution in [3.8, 4) is 0 Å². The summed E-state index contributed by atoms with van der Waals surface area (Å²) in [7, 11) is 0. The van der Waals surface area contributed by atoms with Crippen LogP contribution in [0.3, 0.4) is 0 Å². The molecule has 0 aromatic carbocycles. The van der Waals surface area contributed by atoms with Gasteiger partial charge < -0.3 is 14.2 Å². The van der Waals surface area contributed by atoms with E-state index >= 15 is 0 Å². The van der Waals surface area contributed by atoms with Gasteiger partial charge in [-0.1, -0.05) is 68.3 Å². The third-order valence-electron chi connectivity index (χ3n) is 4.47. The Balaban J connectivity index is 3.86. The highest BCUT2D eigenvalue weighted by molar-refractivity contribution is 9.09. The van der Waals surface area contributed by atoms with Gasteiger partial charge in [0, 0.05) is 25.0 Å². The van der Waals surface area contributed by atoms with Crippen molar-refractivity contribution in [3.05, 3.63) is 0 Å². The molecule has 0 heterocycles. The molecule has 0 N–H and O–H groups in total. The summed E-state index contributed by atoms with van der Waals surface area (Å²) in [5.74, 6) is -0.0814. The van der Waals surface area contributed by atoms with E-state index in [1.807, 2.05) is 0 Å². The van der Waals surface area contributed by atoms with Gasteiger partial charge in [0.15, 0.2) is 6.29 Å². The first kappa shape index (κ1) is 26.9. The maximum absolute atomic E-state index is 11.7. The molecule has 162 valence electrons. The highest BCUT2D eigenvalue weighted by Crippen LogP contribution is 2.12. The molecular weight excluding hydrogens is 408 g/mol. The summed E-state index contributed by atoms with van der Waals surface area (Å²) >= 11 is 3.38. The second-order valence-electron chi connectivity index (χ2n) is 7.15. The van der Waals surface area contributed by atoms with Gasteiger partial charge in [-0.25, -0.2) is 0 Å². The second kappa shape index (κ2) is 22.2. The van der Waals surface area contributed by atoms with Gasteiger partial charge in [-0.2, -0.15) is 0 Å². The first-order valence-corrected chi connectivity index (χ1v) is 12.3. The molecule has 0 bridgehead atoms. The van der Waals surface area contributed by atoms with E-state index in [2.05, 4.69) is 29.8 Å². The molecule has 0 radical (unpaired) electrons. The smallest absolute Gasteiger partial charge is 0.305 e. The first-order chi connectivity index (χ1) is 13.2. The highest BCUT2D eigenvalue weighted by Gasteiger charge is 2.10. The molecule has 0 rings (SSSR count). The van der Waals surface area contributed by atoms with Gasteiger partial charge in [-0.15, -0.1) is 0 Å². The minimum absolute atomic E-state index is 0.0814. The topological polar surface area (TPSA) is 44.8 Å². The van der Waals surface area contributed by atoms with Crippen LogP contribution < -0.4 is 0 Å². The summed E-state index contributed by atoms with van der Waals surface area (Å²) in [6, 6.07) is 0. The zero-order valence-electron chi connectivity index (χ0n) is 17.8. The summed E-state index contributed by atoms with van der Waals surface area (Å²) in [6.45, 7) is 6.52. The van der Waals surface area contributed by atoms with Crippen LogP contribution in [0.25, 0.3) is 0 Å². The first-order valence-electron chi connectivity index (χ1n) is 11.2. The number of carbonyl (C=O) groups excluding carboxylic acids is 1. The lowest BCUT2D eigenvalue weighted by atomic mass is 10.2. The van der Waals surface area contributed by atoms with Crippen LogP contribution in [0.2, 0.25) is 0 Å². The average molecular weight is 451 g/mol. The maximum atomic E-state index is 11.7. The largest absolute Gasteiger partial charge is 0.466 e. The Bertz CT molecular complexity index is 299. The zero-order valence-corrected chi connectivity index (χ0v) is 19.4. The SMILES string of the molecule is CCCCCCOC(CCCCC(=O)OCCCCBr)OCCCCCC. The van der Waals surface area contributed by atoms with Crippen molar-refractivity contribution in [2.24, 2.45) is 0 Å². The van der Waals surface area contributed by atoms with Crippen LogP contribution in [0.1, 0.15) is 104 Å². The van der Waals surface area contributed by atoms with Crippen molar-refractivity contribution in [2.75, 3.05) is 25.2 Å². The molecule has 27 heavy (non-hydrogen) atoms. The van der Waals surface area contributed by atoms with E-state index in [1.54, 1.807) is 0 Å². The monoisotopic (exact) mass is 450 g/mol. The Morgan fingerprint density at radius 1 is 0.741 bits per heavy atom. The fraction of sp³-hybridized carbons (Fsp3) is 0.955. The van der Waals surface area contributed by atoms with E-state index in [4.69, 9.17) is 14.2 Å². The number of alkyl halides is 1. The third kappa shape index (κ3) is 20.4. The fourth-order valence-electron chi connectivity index (χ4n) is 2.74. The van der Waals surface area contributed by atoms with Crippen LogP contribution in [-0.4, -0.2) is 37.4 Å². The van der Waals surface area contributed by atoms with Crippen molar-refractivity contribution >= 4 is 21.9 Å². The normalized spacial score (nSPS) is 11.3. The molecule has 0 atom stereocenters. The van der Waals surface area contributed by atoms with Gasteiger partial charge >= 0.3 is 5.97 Å². The lowest BCUT2D eigenvalue weighted by Gasteiger charge is -2.19. The molecule has 0 saturated carbocycles. The molecule has 0 aliphatic carbocycles. The van der Waals surface area contributed by atoms with Crippen LogP contribution in [-0.2, 0) is 19.0 Å². The number of ether oxygens (including phenoxy) is 3. The Morgan fingerprint density at radius 3 is 1.89 bits per heavy atom. The Labute approximate surface area is 176 Å². The molecule has 0 amide bonds. The van der Waals surface area contributed by atoms with E-state index in [0.717, 1.165) is 63.5 Å². The summed E-state index contributed by atoms with van der Waals surface area (Å²) in [6.07, 6.45) is 14.6. The second-order valence-corrected chi connectivity index (χ2v) is 7.95. The molecule has 0 unspecified atom stereocenters. The van der Waals surface area contributed by atoms with Crippen molar-refractivity contribution in [1.82, 2.24) is 0 Å². The predicted molar refractivity (Wildman–Crippen MR) is 116 cm³/mol. The minimum atomic E-state index is -0.122. The number of halogens is 1. The summed E-state index contributed by atoms with van der Waals surface area (Å²) in [5.41, 5.74) is 0. The van der Waals surface area contributed by atoms with Gasteiger partial charge in [0.2, 0.25) is 0 Å². The fourth-order valence-corrected chi connectivity index (χ4v) is 3.13. The van der Waals surface area contributed by atoms with Crippen LogP contribution in [0.4, 0.5) is 0 Å². The van der Waals surface area contributed by atoms with Crippen molar-refractivity contribution in [2.45, 2.75) is 110 Å². The minimum Gasteiger partial charge on any atom is -0.466 e. The summed E-state index contributed by atoms with van der Waals surface area (Å²) in [4.78, 5) is 11.7. The van der Waals surface area contributed by atoms with Gasteiger partial charge in [0.25, 0.3) is 0 Å². The number of hydrogen-bond donors (Lipinski definition) is 0. The van der Waals surface area contributed by atoms with Crippen LogP contribution in [0.15, 0.2) is 0 Å². The molecule has 4 nitrogen and oxygen atoms in total. The van der Waals surface area contributed by atoms with Crippen molar-refractivity contribution in [1.29, 1.82) is 0 Å². The molecule has 0 aromatic rings. The standard InChI is InChI=1S/C22H43BrO4/c1-3-5-7-12-19-26-22(27-20-13-8-6-4-2)16-10-9-15-21(24)25-18-14-11-17-23/h22H,3-20H2,1-2H3. The number of esters is 1. The van der Waals surface area contributed by atoms with Gasteiger partial charge in [-0.3, -0.25) is 4.79 Å². The Morgan fingerprint density at radius 2 is 1.33 bits per heavy atom. The van der Waals surface area contributed by atoms with E-state index in [1.165, 1.54) is 38.5 Å². The molecule has 5 heteroatoms. The lowest BCUT2D eigenvalue weighted by molar-refractivity contribution is -0.149. The van der Waals surface area contributed by atoms with Gasteiger partial charge in [0.05, 0.1) is 6.61 Å². The molecule has 0 spiro atoms. The van der Waals surface area contributed by atoms with E-state index in [0.29, 0.717) is 13.0 Å². The molecular formula is C22H43BrO4. The van der Waals surface area contributed by atoms with Crippen LogP contribution in [0, 0.1) is 0 Å². The zero-order chi connectivity index (χ0) is 20.0. The molecule has 0 fully saturated rings. The van der Waals surface area contributed by atoms with E-state index in [-0.39, 0.29) is 12.3 Å². The number of rotatable bonds is 21. The average Bonchev–Trinajstić information content (AvgIpc) is 2.67. The van der Waals surface area contributed by atoms with E-state index < -0.39 is 0 Å². The quantitative estimate of drug-likeness (QED) is 0.0835. The Hall–Kier alpha value is -0.130. The molecule has 0 saturated heterocycles. The van der Waals surface area contributed by atoms with Crippen molar-refractivity contribution in [3.63, 3.8) is 0 Å². The lowest BCUT2D eigenvalue weighted by Crippen LogP contribution is -2.19. The van der Waals surface area contributed by atoms with Gasteiger partial charge in [-0.05, 0) is 44.9 Å². The summed E-state index contributed by atoms with van der Waals surface area (Å²) < 4.78 is 17.1. The van der Waals surface area contributed by atoms with Crippen LogP contribution >= 0.6 is 15.9 Å².